The molecule has 134 valence electrons. The van der Waals surface area contributed by atoms with Gasteiger partial charge in [0.15, 0.2) is 0 Å². The van der Waals surface area contributed by atoms with E-state index in [4.69, 9.17) is 0 Å². The van der Waals surface area contributed by atoms with E-state index in [2.05, 4.69) is 10.6 Å². The summed E-state index contributed by atoms with van der Waals surface area (Å²) in [5.41, 5.74) is 1.25. The van der Waals surface area contributed by atoms with Gasteiger partial charge in [-0.2, -0.15) is 0 Å². The first-order valence-electron chi connectivity index (χ1n) is 8.52. The molecule has 3 rings (SSSR count). The Labute approximate surface area is 152 Å². The lowest BCUT2D eigenvalue weighted by Gasteiger charge is -2.22. The third-order valence-corrected chi connectivity index (χ3v) is 4.55. The van der Waals surface area contributed by atoms with E-state index in [1.54, 1.807) is 37.3 Å². The zero-order valence-electron chi connectivity index (χ0n) is 14.8. The molecule has 2 aromatic rings. The van der Waals surface area contributed by atoms with Gasteiger partial charge in [-0.15, -0.1) is 0 Å². The lowest BCUT2D eigenvalue weighted by atomic mass is 9.92. The maximum absolute atomic E-state index is 12.8. The number of aryl methyl sites for hydroxylation is 1. The summed E-state index contributed by atoms with van der Waals surface area (Å²) in [7, 11) is 0. The zero-order valence-corrected chi connectivity index (χ0v) is 14.8. The Balaban J connectivity index is 1.72. The number of amides is 4. The van der Waals surface area contributed by atoms with E-state index < -0.39 is 23.4 Å². The van der Waals surface area contributed by atoms with Crippen LogP contribution in [0, 0.1) is 0 Å². The number of rotatable bonds is 5. The van der Waals surface area contributed by atoms with Crippen LogP contribution in [-0.2, 0) is 21.5 Å². The number of imide groups is 1. The molecule has 0 radical (unpaired) electrons. The molecular weight excluding hydrogens is 330 g/mol. The Kier molecular flexibility index (Phi) is 4.75. The molecule has 1 unspecified atom stereocenters. The van der Waals surface area contributed by atoms with Crippen molar-refractivity contribution < 1.29 is 14.4 Å². The molecule has 1 heterocycles. The summed E-state index contributed by atoms with van der Waals surface area (Å²) in [6, 6.07) is 15.9. The summed E-state index contributed by atoms with van der Waals surface area (Å²) < 4.78 is 0. The molecule has 4 amide bonds. The highest BCUT2D eigenvalue weighted by Gasteiger charge is 2.49. The number of carbonyl (C=O) groups is 3. The monoisotopic (exact) mass is 351 g/mol. The van der Waals surface area contributed by atoms with Crippen LogP contribution in [0.15, 0.2) is 54.6 Å². The van der Waals surface area contributed by atoms with Crippen LogP contribution in [0.5, 0.6) is 0 Å². The second-order valence-corrected chi connectivity index (χ2v) is 6.41. The van der Waals surface area contributed by atoms with Crippen LogP contribution in [0.25, 0.3) is 0 Å². The first kappa shape index (κ1) is 17.7. The quantitative estimate of drug-likeness (QED) is 0.813. The summed E-state index contributed by atoms with van der Waals surface area (Å²) in [6.07, 6.45) is 0.853. The van der Waals surface area contributed by atoms with Crippen molar-refractivity contribution >= 4 is 23.5 Å². The SMILES string of the molecule is CCc1cccc(NC(=O)CN2C(=O)NC(C)(c3ccccc3)C2=O)c1. The highest BCUT2D eigenvalue weighted by molar-refractivity contribution is 6.10. The Morgan fingerprint density at radius 3 is 2.54 bits per heavy atom. The largest absolute Gasteiger partial charge is 0.325 e. The zero-order chi connectivity index (χ0) is 18.7. The lowest BCUT2D eigenvalue weighted by molar-refractivity contribution is -0.133. The highest BCUT2D eigenvalue weighted by Crippen LogP contribution is 2.28. The van der Waals surface area contributed by atoms with Gasteiger partial charge in [-0.3, -0.25) is 14.5 Å². The Morgan fingerprint density at radius 1 is 1.12 bits per heavy atom. The van der Waals surface area contributed by atoms with Gasteiger partial charge in [-0.05, 0) is 36.6 Å². The van der Waals surface area contributed by atoms with Crippen molar-refractivity contribution in [2.45, 2.75) is 25.8 Å². The van der Waals surface area contributed by atoms with Crippen LogP contribution in [0.1, 0.15) is 25.0 Å². The third kappa shape index (κ3) is 3.31. The van der Waals surface area contributed by atoms with Gasteiger partial charge in [0.25, 0.3) is 5.91 Å². The average Bonchev–Trinajstić information content (AvgIpc) is 2.87. The van der Waals surface area contributed by atoms with Gasteiger partial charge in [0.1, 0.15) is 12.1 Å². The van der Waals surface area contributed by atoms with Crippen LogP contribution in [0.2, 0.25) is 0 Å². The summed E-state index contributed by atoms with van der Waals surface area (Å²) in [5.74, 6) is -0.856. The number of carbonyl (C=O) groups excluding carboxylic acids is 3. The lowest BCUT2D eigenvalue weighted by Crippen LogP contribution is -2.42. The van der Waals surface area contributed by atoms with Crippen LogP contribution in [-0.4, -0.2) is 29.3 Å². The summed E-state index contributed by atoms with van der Waals surface area (Å²) in [6.45, 7) is 3.34. The smallest absolute Gasteiger partial charge is 0.325 e. The molecule has 2 aromatic carbocycles. The van der Waals surface area contributed by atoms with Gasteiger partial charge in [-0.25, -0.2) is 4.79 Å². The molecule has 6 nitrogen and oxygen atoms in total. The van der Waals surface area contributed by atoms with Crippen molar-refractivity contribution in [2.75, 3.05) is 11.9 Å². The van der Waals surface area contributed by atoms with Crippen molar-refractivity contribution in [3.8, 4) is 0 Å². The second kappa shape index (κ2) is 7.00. The maximum atomic E-state index is 12.8. The minimum Gasteiger partial charge on any atom is -0.325 e. The van der Waals surface area contributed by atoms with E-state index in [1.165, 1.54) is 0 Å². The van der Waals surface area contributed by atoms with Crippen LogP contribution < -0.4 is 10.6 Å². The van der Waals surface area contributed by atoms with E-state index in [-0.39, 0.29) is 6.54 Å². The molecule has 6 heteroatoms. The molecule has 1 aliphatic rings. The van der Waals surface area contributed by atoms with Crippen LogP contribution in [0.4, 0.5) is 10.5 Å². The topological polar surface area (TPSA) is 78.5 Å². The second-order valence-electron chi connectivity index (χ2n) is 6.41. The van der Waals surface area contributed by atoms with Gasteiger partial charge >= 0.3 is 6.03 Å². The van der Waals surface area contributed by atoms with Crippen molar-refractivity contribution in [2.24, 2.45) is 0 Å². The average molecular weight is 351 g/mol. The molecule has 2 N–H and O–H groups in total. The van der Waals surface area contributed by atoms with E-state index in [0.717, 1.165) is 16.9 Å². The molecule has 0 bridgehead atoms. The molecule has 0 aromatic heterocycles. The normalized spacial score (nSPS) is 19.4. The number of urea groups is 1. The summed E-state index contributed by atoms with van der Waals surface area (Å²) in [5, 5.41) is 5.43. The highest BCUT2D eigenvalue weighted by atomic mass is 16.2. The van der Waals surface area contributed by atoms with Gasteiger partial charge in [-0.1, -0.05) is 49.4 Å². The number of hydrogen-bond donors (Lipinski definition) is 2. The summed E-state index contributed by atoms with van der Waals surface area (Å²) in [4.78, 5) is 38.3. The third-order valence-electron chi connectivity index (χ3n) is 4.55. The van der Waals surface area contributed by atoms with E-state index >= 15 is 0 Å². The molecular formula is C20H21N3O3. The Morgan fingerprint density at radius 2 is 1.85 bits per heavy atom. The standard InChI is InChI=1S/C20H21N3O3/c1-3-14-8-7-11-16(12-14)21-17(24)13-23-18(25)20(2,22-19(23)26)15-9-5-4-6-10-15/h4-12H,3,13H2,1-2H3,(H,21,24)(H,22,26). The number of nitrogens with one attached hydrogen (secondary N) is 2. The molecule has 26 heavy (non-hydrogen) atoms. The van der Waals surface area contributed by atoms with Crippen molar-refractivity contribution in [3.63, 3.8) is 0 Å². The molecule has 1 saturated heterocycles. The maximum Gasteiger partial charge on any atom is 0.325 e. The van der Waals surface area contributed by atoms with Gasteiger partial charge < -0.3 is 10.6 Å². The van der Waals surface area contributed by atoms with Crippen molar-refractivity contribution in [3.05, 3.63) is 65.7 Å². The van der Waals surface area contributed by atoms with Crippen molar-refractivity contribution in [1.29, 1.82) is 0 Å². The minimum atomic E-state index is -1.17. The predicted molar refractivity (Wildman–Crippen MR) is 98.5 cm³/mol. The van der Waals surface area contributed by atoms with E-state index in [9.17, 15) is 14.4 Å². The molecule has 1 aliphatic heterocycles. The number of benzene rings is 2. The van der Waals surface area contributed by atoms with Crippen molar-refractivity contribution in [1.82, 2.24) is 10.2 Å². The van der Waals surface area contributed by atoms with Crippen LogP contribution in [0.3, 0.4) is 0 Å². The molecule has 0 spiro atoms. The predicted octanol–water partition coefficient (Wildman–Crippen LogP) is 2.65. The Bertz CT molecular complexity index is 850. The molecule has 1 fully saturated rings. The van der Waals surface area contributed by atoms with Gasteiger partial charge in [0.2, 0.25) is 5.91 Å². The fourth-order valence-electron chi connectivity index (χ4n) is 3.02. The minimum absolute atomic E-state index is 0.330. The van der Waals surface area contributed by atoms with E-state index in [1.807, 2.05) is 31.2 Å². The first-order chi connectivity index (χ1) is 12.4. The van der Waals surface area contributed by atoms with Gasteiger partial charge in [0, 0.05) is 5.69 Å². The first-order valence-corrected chi connectivity index (χ1v) is 8.52. The number of nitrogens with zero attached hydrogens (tertiary/aromatic N) is 1. The summed E-state index contributed by atoms with van der Waals surface area (Å²) >= 11 is 0. The number of hydrogen-bond acceptors (Lipinski definition) is 3. The fourth-order valence-corrected chi connectivity index (χ4v) is 3.02. The van der Waals surface area contributed by atoms with Gasteiger partial charge in [0.05, 0.1) is 0 Å². The van der Waals surface area contributed by atoms with Crippen LogP contribution >= 0.6 is 0 Å². The molecule has 0 aliphatic carbocycles. The molecule has 0 saturated carbocycles. The molecule has 1 atom stereocenters. The number of anilines is 1. The fraction of sp³-hybridized carbons (Fsp3) is 0.250. The van der Waals surface area contributed by atoms with E-state index in [0.29, 0.717) is 11.3 Å². The Hall–Kier alpha value is -3.15.